The Morgan fingerprint density at radius 2 is 2.42 bits per heavy atom. The summed E-state index contributed by atoms with van der Waals surface area (Å²) in [5.74, 6) is 0.862. The van der Waals surface area contributed by atoms with E-state index in [1.807, 2.05) is 6.92 Å². The van der Waals surface area contributed by atoms with Crippen molar-refractivity contribution in [2.24, 2.45) is 0 Å². The number of amides is 1. The Hall–Kier alpha value is -1.50. The number of pyridine rings is 1. The number of rotatable bonds is 2. The average molecular weight is 329 g/mol. The second-order valence-corrected chi connectivity index (χ2v) is 5.34. The highest BCUT2D eigenvalue weighted by Gasteiger charge is 2.26. The van der Waals surface area contributed by atoms with Crippen LogP contribution >= 0.6 is 15.9 Å². The zero-order valence-electron chi connectivity index (χ0n) is 10.9. The molecular weight excluding hydrogens is 312 g/mol. The normalized spacial score (nSPS) is 18.5. The van der Waals surface area contributed by atoms with Gasteiger partial charge in [0.15, 0.2) is 0 Å². The van der Waals surface area contributed by atoms with Crippen molar-refractivity contribution in [2.75, 3.05) is 30.8 Å². The van der Waals surface area contributed by atoms with Gasteiger partial charge < -0.3 is 20.7 Å². The average Bonchev–Trinajstić information content (AvgIpc) is 2.84. The molecule has 104 valence electrons. The molecule has 1 amide bonds. The highest BCUT2D eigenvalue weighted by Crippen LogP contribution is 2.32. The maximum atomic E-state index is 11.2. The molecule has 0 spiro atoms. The fraction of sp³-hybridized carbons (Fsp3) is 0.500. The zero-order valence-corrected chi connectivity index (χ0v) is 12.5. The molecule has 2 rings (SSSR count). The third-order valence-corrected chi connectivity index (χ3v) is 4.23. The van der Waals surface area contributed by atoms with Crippen molar-refractivity contribution >= 4 is 33.5 Å². The zero-order chi connectivity index (χ0) is 14.0. The Bertz CT molecular complexity index is 495. The van der Waals surface area contributed by atoms with Crippen LogP contribution in [0.3, 0.4) is 0 Å². The first-order valence-electron chi connectivity index (χ1n) is 6.03. The molecular formula is C12H17BrN4O2. The van der Waals surface area contributed by atoms with Crippen molar-refractivity contribution in [1.29, 1.82) is 0 Å². The summed E-state index contributed by atoms with van der Waals surface area (Å²) in [5.41, 5.74) is 7.46. The predicted octanol–water partition coefficient (Wildman–Crippen LogP) is 1.67. The van der Waals surface area contributed by atoms with E-state index in [0.29, 0.717) is 12.2 Å². The van der Waals surface area contributed by atoms with Crippen LogP contribution in [0.5, 0.6) is 0 Å². The van der Waals surface area contributed by atoms with Crippen molar-refractivity contribution in [1.82, 2.24) is 10.3 Å². The molecule has 1 fully saturated rings. The second kappa shape index (κ2) is 5.64. The lowest BCUT2D eigenvalue weighted by molar-refractivity contribution is 0.167. The van der Waals surface area contributed by atoms with Gasteiger partial charge in [-0.15, -0.1) is 0 Å². The van der Waals surface area contributed by atoms with Crippen LogP contribution in [0.1, 0.15) is 12.0 Å². The maximum absolute atomic E-state index is 11.2. The number of nitrogen functional groups attached to an aromatic ring is 1. The molecule has 0 saturated carbocycles. The van der Waals surface area contributed by atoms with Gasteiger partial charge in [-0.05, 0) is 34.8 Å². The minimum absolute atomic E-state index is 0.0824. The highest BCUT2D eigenvalue weighted by molar-refractivity contribution is 9.10. The van der Waals surface area contributed by atoms with Gasteiger partial charge in [0.05, 0.1) is 29.5 Å². The van der Waals surface area contributed by atoms with E-state index >= 15 is 0 Å². The van der Waals surface area contributed by atoms with Crippen LogP contribution in [0.25, 0.3) is 0 Å². The van der Waals surface area contributed by atoms with Crippen LogP contribution in [0.2, 0.25) is 0 Å². The SMILES string of the molecule is COC(=O)NC1CCN(c2ncc(N)c(C)c2Br)C1. The number of ether oxygens (including phenoxy) is 1. The number of carbonyl (C=O) groups is 1. The van der Waals surface area contributed by atoms with E-state index in [-0.39, 0.29) is 6.04 Å². The summed E-state index contributed by atoms with van der Waals surface area (Å²) in [6.45, 7) is 3.50. The summed E-state index contributed by atoms with van der Waals surface area (Å²) in [6.07, 6.45) is 2.13. The van der Waals surface area contributed by atoms with Crippen LogP contribution < -0.4 is 16.0 Å². The van der Waals surface area contributed by atoms with Crippen LogP contribution in [0, 0.1) is 6.92 Å². The molecule has 1 aliphatic rings. The topological polar surface area (TPSA) is 80.5 Å². The third kappa shape index (κ3) is 2.91. The Morgan fingerprint density at radius 3 is 3.11 bits per heavy atom. The van der Waals surface area contributed by atoms with E-state index in [4.69, 9.17) is 5.73 Å². The number of methoxy groups -OCH3 is 1. The fourth-order valence-electron chi connectivity index (χ4n) is 2.10. The molecule has 1 aromatic heterocycles. The first kappa shape index (κ1) is 13.9. The summed E-state index contributed by atoms with van der Waals surface area (Å²) >= 11 is 3.53. The molecule has 0 aliphatic carbocycles. The number of hydrogen-bond acceptors (Lipinski definition) is 5. The molecule has 7 heteroatoms. The van der Waals surface area contributed by atoms with Gasteiger partial charge in [-0.3, -0.25) is 0 Å². The number of nitrogens with two attached hydrogens (primary N) is 1. The largest absolute Gasteiger partial charge is 0.453 e. The standard InChI is InChI=1S/C12H17BrN4O2/c1-7-9(14)5-15-11(10(7)13)17-4-3-8(6-17)16-12(18)19-2/h5,8H,3-4,6,14H2,1-2H3,(H,16,18). The smallest absolute Gasteiger partial charge is 0.407 e. The summed E-state index contributed by atoms with van der Waals surface area (Å²) in [5, 5.41) is 2.80. The van der Waals surface area contributed by atoms with Gasteiger partial charge in [0.1, 0.15) is 5.82 Å². The van der Waals surface area contributed by atoms with Gasteiger partial charge >= 0.3 is 6.09 Å². The minimum atomic E-state index is -0.396. The Balaban J connectivity index is 2.09. The number of nitrogens with one attached hydrogen (secondary N) is 1. The Kier molecular flexibility index (Phi) is 4.14. The van der Waals surface area contributed by atoms with Crippen LogP contribution in [0.4, 0.5) is 16.3 Å². The third-order valence-electron chi connectivity index (χ3n) is 3.28. The molecule has 1 unspecified atom stereocenters. The van der Waals surface area contributed by atoms with Crippen molar-refractivity contribution in [3.63, 3.8) is 0 Å². The predicted molar refractivity (Wildman–Crippen MR) is 77.2 cm³/mol. The van der Waals surface area contributed by atoms with E-state index in [1.165, 1.54) is 7.11 Å². The summed E-state index contributed by atoms with van der Waals surface area (Å²) in [6, 6.07) is 0.0824. The number of alkyl carbamates (subject to hydrolysis) is 1. The molecule has 0 aromatic carbocycles. The monoisotopic (exact) mass is 328 g/mol. The number of nitrogens with zero attached hydrogens (tertiary/aromatic N) is 2. The molecule has 0 bridgehead atoms. The Labute approximate surface area is 120 Å². The van der Waals surface area contributed by atoms with Gasteiger partial charge in [-0.25, -0.2) is 9.78 Å². The number of halogens is 1. The lowest BCUT2D eigenvalue weighted by Crippen LogP contribution is -2.37. The van der Waals surface area contributed by atoms with Crippen LogP contribution in [-0.4, -0.2) is 37.3 Å². The molecule has 19 heavy (non-hydrogen) atoms. The highest BCUT2D eigenvalue weighted by atomic mass is 79.9. The van der Waals surface area contributed by atoms with Gasteiger partial charge in [0.25, 0.3) is 0 Å². The van der Waals surface area contributed by atoms with E-state index in [0.717, 1.165) is 28.8 Å². The first-order chi connectivity index (χ1) is 9.02. The minimum Gasteiger partial charge on any atom is -0.453 e. The van der Waals surface area contributed by atoms with Gasteiger partial charge in [0.2, 0.25) is 0 Å². The molecule has 1 aliphatic heterocycles. The summed E-state index contributed by atoms with van der Waals surface area (Å²) < 4.78 is 5.51. The van der Waals surface area contributed by atoms with Crippen molar-refractivity contribution in [3.8, 4) is 0 Å². The van der Waals surface area contributed by atoms with E-state index in [1.54, 1.807) is 6.20 Å². The fourth-order valence-corrected chi connectivity index (χ4v) is 2.68. The molecule has 6 nitrogen and oxygen atoms in total. The molecule has 0 radical (unpaired) electrons. The second-order valence-electron chi connectivity index (χ2n) is 4.54. The van der Waals surface area contributed by atoms with E-state index in [2.05, 4.69) is 35.9 Å². The lowest BCUT2D eigenvalue weighted by atomic mass is 10.2. The van der Waals surface area contributed by atoms with Gasteiger partial charge in [0, 0.05) is 13.1 Å². The van der Waals surface area contributed by atoms with E-state index < -0.39 is 6.09 Å². The number of hydrogen-bond donors (Lipinski definition) is 2. The molecule has 3 N–H and O–H groups in total. The van der Waals surface area contributed by atoms with Crippen molar-refractivity contribution < 1.29 is 9.53 Å². The number of aromatic nitrogens is 1. The summed E-state index contributed by atoms with van der Waals surface area (Å²) in [7, 11) is 1.36. The first-order valence-corrected chi connectivity index (χ1v) is 6.82. The number of anilines is 2. The summed E-state index contributed by atoms with van der Waals surface area (Å²) in [4.78, 5) is 17.7. The quantitative estimate of drug-likeness (QED) is 0.863. The Morgan fingerprint density at radius 1 is 1.68 bits per heavy atom. The molecule has 1 atom stereocenters. The molecule has 1 saturated heterocycles. The van der Waals surface area contributed by atoms with Gasteiger partial charge in [-0.2, -0.15) is 0 Å². The van der Waals surface area contributed by atoms with Crippen molar-refractivity contribution in [3.05, 3.63) is 16.2 Å². The molecule has 1 aromatic rings. The van der Waals surface area contributed by atoms with Gasteiger partial charge in [-0.1, -0.05) is 0 Å². The van der Waals surface area contributed by atoms with Crippen LogP contribution in [-0.2, 0) is 4.74 Å². The lowest BCUT2D eigenvalue weighted by Gasteiger charge is -2.20. The van der Waals surface area contributed by atoms with E-state index in [9.17, 15) is 4.79 Å². The van der Waals surface area contributed by atoms with Crippen LogP contribution in [0.15, 0.2) is 10.7 Å². The van der Waals surface area contributed by atoms with Crippen molar-refractivity contribution in [2.45, 2.75) is 19.4 Å². The molecule has 2 heterocycles. The maximum Gasteiger partial charge on any atom is 0.407 e. The number of carbonyl (C=O) groups excluding carboxylic acids is 1.